The Labute approximate surface area is 227 Å². The van der Waals surface area contributed by atoms with Gasteiger partial charge in [0.2, 0.25) is 5.54 Å². The molecule has 6 rings (SSSR count). The van der Waals surface area contributed by atoms with Crippen molar-refractivity contribution in [1.29, 1.82) is 0 Å². The number of phenolic OH excluding ortho intramolecular Hbond substituents is 1. The number of para-hydroxylation sites is 1. The number of amides is 1. The molecule has 1 amide bonds. The summed E-state index contributed by atoms with van der Waals surface area (Å²) in [5.41, 5.74) is -4.75. The maximum Gasteiger partial charge on any atom is 0.416 e. The summed E-state index contributed by atoms with van der Waals surface area (Å²) in [6, 6.07) is 12.2. The third-order valence-electron chi connectivity index (χ3n) is 7.43. The van der Waals surface area contributed by atoms with Gasteiger partial charge in [0.15, 0.2) is 0 Å². The molecule has 1 unspecified atom stereocenters. The van der Waals surface area contributed by atoms with Crippen molar-refractivity contribution in [2.75, 3.05) is 5.01 Å². The van der Waals surface area contributed by atoms with E-state index in [-0.39, 0.29) is 45.2 Å². The summed E-state index contributed by atoms with van der Waals surface area (Å²) in [5, 5.41) is 15.6. The van der Waals surface area contributed by atoms with Crippen LogP contribution in [0.15, 0.2) is 76.6 Å². The SMILES string of the molecule is CC1=NN(c2ccc(C(F)(F)F)cc2)C(=O)C12c1cc(C(F)(F)F)ccc1-n1c(=O)c(-c3ccccc3O)c(C)n12. The molecule has 7 nitrogen and oxygen atoms in total. The van der Waals surface area contributed by atoms with Gasteiger partial charge in [0, 0.05) is 16.8 Å². The molecule has 0 bridgehead atoms. The zero-order chi connectivity index (χ0) is 29.6. The van der Waals surface area contributed by atoms with Crippen LogP contribution in [-0.2, 0) is 22.7 Å². The lowest BCUT2D eigenvalue weighted by atomic mass is 9.84. The number of aromatic nitrogens is 2. The van der Waals surface area contributed by atoms with Crippen molar-refractivity contribution in [1.82, 2.24) is 9.36 Å². The van der Waals surface area contributed by atoms with Crippen LogP contribution in [0.4, 0.5) is 32.0 Å². The number of halogens is 6. The summed E-state index contributed by atoms with van der Waals surface area (Å²) in [6.45, 7) is 2.88. The normalized spacial score (nSPS) is 18.2. The maximum atomic E-state index is 14.3. The number of hydrazone groups is 1. The minimum absolute atomic E-state index is 0.00931. The van der Waals surface area contributed by atoms with Gasteiger partial charge in [-0.05, 0) is 62.4 Å². The van der Waals surface area contributed by atoms with Gasteiger partial charge in [0.05, 0.1) is 33.8 Å². The number of fused-ring (bicyclic) bond motifs is 5. The summed E-state index contributed by atoms with van der Waals surface area (Å²) < 4.78 is 83.2. The molecule has 210 valence electrons. The second-order valence-electron chi connectivity index (χ2n) is 9.69. The third-order valence-corrected chi connectivity index (χ3v) is 7.43. The van der Waals surface area contributed by atoms with Crippen LogP contribution in [0.3, 0.4) is 0 Å². The van der Waals surface area contributed by atoms with E-state index in [1.165, 1.54) is 30.7 Å². The zero-order valence-electron chi connectivity index (χ0n) is 21.2. The van der Waals surface area contributed by atoms with Crippen molar-refractivity contribution in [3.63, 3.8) is 0 Å². The number of hydrogen-bond donors (Lipinski definition) is 1. The molecule has 1 atom stereocenters. The van der Waals surface area contributed by atoms with Crippen molar-refractivity contribution in [3.05, 3.63) is 99.5 Å². The second kappa shape index (κ2) is 8.35. The highest BCUT2D eigenvalue weighted by atomic mass is 19.4. The molecule has 1 N–H and O–H groups in total. The number of hydrogen-bond acceptors (Lipinski definition) is 4. The molecule has 0 fully saturated rings. The maximum absolute atomic E-state index is 14.3. The van der Waals surface area contributed by atoms with Crippen LogP contribution in [0.1, 0.15) is 29.3 Å². The molecule has 0 radical (unpaired) electrons. The van der Waals surface area contributed by atoms with Crippen LogP contribution in [0.5, 0.6) is 5.75 Å². The number of aromatic hydroxyl groups is 1. The van der Waals surface area contributed by atoms with Crippen LogP contribution in [0.25, 0.3) is 16.8 Å². The number of nitrogens with zero attached hydrogens (tertiary/aromatic N) is 4. The van der Waals surface area contributed by atoms with Gasteiger partial charge in [-0.1, -0.05) is 18.2 Å². The van der Waals surface area contributed by atoms with Crippen LogP contribution < -0.4 is 10.6 Å². The number of alkyl halides is 6. The smallest absolute Gasteiger partial charge is 0.416 e. The van der Waals surface area contributed by atoms with E-state index in [4.69, 9.17) is 0 Å². The molecule has 2 aliphatic rings. The first-order valence-corrected chi connectivity index (χ1v) is 12.1. The highest BCUT2D eigenvalue weighted by Crippen LogP contribution is 2.48. The van der Waals surface area contributed by atoms with E-state index in [1.54, 1.807) is 12.1 Å². The number of anilines is 1. The van der Waals surface area contributed by atoms with Gasteiger partial charge in [0.1, 0.15) is 5.75 Å². The minimum Gasteiger partial charge on any atom is -0.507 e. The van der Waals surface area contributed by atoms with E-state index in [1.807, 2.05) is 0 Å². The lowest BCUT2D eigenvalue weighted by Crippen LogP contribution is -2.48. The molecule has 0 saturated heterocycles. The van der Waals surface area contributed by atoms with Crippen molar-refractivity contribution < 1.29 is 36.2 Å². The fourth-order valence-corrected chi connectivity index (χ4v) is 5.62. The molecule has 1 spiro atoms. The molecular weight excluding hydrogens is 554 g/mol. The Morgan fingerprint density at radius 3 is 2.05 bits per heavy atom. The Morgan fingerprint density at radius 1 is 0.829 bits per heavy atom. The summed E-state index contributed by atoms with van der Waals surface area (Å²) in [5.74, 6) is -1.13. The number of phenols is 1. The molecule has 0 aliphatic carbocycles. The van der Waals surface area contributed by atoms with Crippen LogP contribution in [0, 0.1) is 6.92 Å². The van der Waals surface area contributed by atoms with E-state index in [9.17, 15) is 41.0 Å². The number of rotatable bonds is 2. The van der Waals surface area contributed by atoms with Gasteiger partial charge in [0.25, 0.3) is 11.5 Å². The van der Waals surface area contributed by atoms with E-state index < -0.39 is 40.5 Å². The lowest BCUT2D eigenvalue weighted by molar-refractivity contribution is -0.138. The van der Waals surface area contributed by atoms with E-state index in [2.05, 4.69) is 5.10 Å². The largest absolute Gasteiger partial charge is 0.507 e. The quantitative estimate of drug-likeness (QED) is 0.307. The molecular formula is C28H18F6N4O3. The Balaban J connectivity index is 1.63. The third kappa shape index (κ3) is 3.50. The first-order chi connectivity index (χ1) is 19.2. The summed E-state index contributed by atoms with van der Waals surface area (Å²) in [6.07, 6.45) is -9.42. The molecule has 1 aromatic heterocycles. The van der Waals surface area contributed by atoms with Gasteiger partial charge in [-0.15, -0.1) is 0 Å². The highest BCUT2D eigenvalue weighted by molar-refractivity contribution is 6.23. The summed E-state index contributed by atoms with van der Waals surface area (Å²) in [7, 11) is 0. The topological polar surface area (TPSA) is 79.8 Å². The van der Waals surface area contributed by atoms with E-state index >= 15 is 0 Å². The number of carbonyl (C=O) groups excluding carboxylic acids is 1. The highest BCUT2D eigenvalue weighted by Gasteiger charge is 2.60. The molecule has 13 heteroatoms. The predicted octanol–water partition coefficient (Wildman–Crippen LogP) is 5.84. The molecule has 0 saturated carbocycles. The molecule has 41 heavy (non-hydrogen) atoms. The fraction of sp³-hybridized carbons (Fsp3) is 0.179. The lowest BCUT2D eigenvalue weighted by Gasteiger charge is -2.28. The van der Waals surface area contributed by atoms with Crippen LogP contribution >= 0.6 is 0 Å². The fourth-order valence-electron chi connectivity index (χ4n) is 5.62. The Hall–Kier alpha value is -4.81. The average molecular weight is 572 g/mol. The standard InChI is InChI=1S/C28H18F6N4O3/c1-14-23(19-5-3-4-6-22(19)39)24(40)37-21-12-9-17(28(32,33)34)13-20(21)26(38(14)37)15(2)35-36(25(26)41)18-10-7-16(8-11-18)27(29,30)31/h3-13,39H,1-2H3. The summed E-state index contributed by atoms with van der Waals surface area (Å²) >= 11 is 0. The van der Waals surface area contributed by atoms with E-state index in [0.29, 0.717) is 0 Å². The van der Waals surface area contributed by atoms with Crippen molar-refractivity contribution in [3.8, 4) is 22.6 Å². The van der Waals surface area contributed by atoms with Crippen molar-refractivity contribution in [2.45, 2.75) is 31.7 Å². The van der Waals surface area contributed by atoms with Crippen molar-refractivity contribution >= 4 is 17.3 Å². The van der Waals surface area contributed by atoms with Gasteiger partial charge < -0.3 is 5.11 Å². The Morgan fingerprint density at radius 2 is 1.44 bits per heavy atom. The molecule has 4 aromatic rings. The zero-order valence-corrected chi connectivity index (χ0v) is 21.2. The Bertz CT molecular complexity index is 1850. The van der Waals surface area contributed by atoms with Gasteiger partial charge in [-0.3, -0.25) is 14.3 Å². The van der Waals surface area contributed by atoms with Crippen LogP contribution in [0.2, 0.25) is 0 Å². The number of carbonyl (C=O) groups is 1. The predicted molar refractivity (Wildman–Crippen MR) is 136 cm³/mol. The van der Waals surface area contributed by atoms with Gasteiger partial charge in [-0.25, -0.2) is 4.68 Å². The van der Waals surface area contributed by atoms with Gasteiger partial charge in [-0.2, -0.15) is 36.5 Å². The minimum atomic E-state index is -4.78. The van der Waals surface area contributed by atoms with E-state index in [0.717, 1.165) is 52.2 Å². The first kappa shape index (κ1) is 26.4. The Kier molecular flexibility index (Phi) is 5.38. The average Bonchev–Trinajstić information content (AvgIpc) is 3.46. The molecule has 2 aliphatic heterocycles. The second-order valence-corrected chi connectivity index (χ2v) is 9.69. The first-order valence-electron chi connectivity index (χ1n) is 12.1. The monoisotopic (exact) mass is 572 g/mol. The van der Waals surface area contributed by atoms with Crippen LogP contribution in [-0.4, -0.2) is 26.1 Å². The molecule has 3 heterocycles. The van der Waals surface area contributed by atoms with Gasteiger partial charge >= 0.3 is 12.4 Å². The number of benzene rings is 3. The molecule has 3 aromatic carbocycles. The summed E-state index contributed by atoms with van der Waals surface area (Å²) in [4.78, 5) is 28.2. The van der Waals surface area contributed by atoms with Crippen molar-refractivity contribution in [2.24, 2.45) is 5.10 Å².